The number of benzene rings is 1. The van der Waals surface area contributed by atoms with Crippen molar-refractivity contribution in [2.75, 3.05) is 11.9 Å². The van der Waals surface area contributed by atoms with E-state index in [1.165, 1.54) is 10.9 Å². The van der Waals surface area contributed by atoms with Gasteiger partial charge in [0.1, 0.15) is 16.3 Å². The third-order valence-electron chi connectivity index (χ3n) is 5.23. The van der Waals surface area contributed by atoms with Crippen molar-refractivity contribution in [1.82, 2.24) is 9.55 Å². The number of esters is 1. The minimum atomic E-state index is -0.453. The number of para-hydroxylation sites is 1. The average molecular weight is 456 g/mol. The standard InChI is InChI=1S/C24H29N3O4S/c1-6-16-9-8-10-17(7-2)20(16)26-18(28)11-27-13-25-22-19(23(27)29)15(5)21(32-22)24(30)31-12-14(3)4/h8-10,13-14H,6-7,11-12H2,1-5H3,(H,26,28). The number of carbonyl (C=O) groups is 2. The number of ether oxygens (including phenoxy) is 1. The van der Waals surface area contributed by atoms with E-state index in [0.717, 1.165) is 41.0 Å². The van der Waals surface area contributed by atoms with Crippen molar-refractivity contribution in [2.45, 2.75) is 54.0 Å². The SMILES string of the molecule is CCc1cccc(CC)c1NC(=O)Cn1cnc2sc(C(=O)OCC(C)C)c(C)c2c1=O. The molecule has 170 valence electrons. The summed E-state index contributed by atoms with van der Waals surface area (Å²) >= 11 is 1.14. The molecule has 2 aromatic heterocycles. The number of nitrogens with one attached hydrogen (secondary N) is 1. The van der Waals surface area contributed by atoms with E-state index in [0.29, 0.717) is 27.3 Å². The number of aryl methyl sites for hydroxylation is 3. The maximum atomic E-state index is 13.1. The molecule has 32 heavy (non-hydrogen) atoms. The van der Waals surface area contributed by atoms with E-state index in [2.05, 4.69) is 10.3 Å². The lowest BCUT2D eigenvalue weighted by Gasteiger charge is -2.15. The van der Waals surface area contributed by atoms with Crippen LogP contribution in [-0.4, -0.2) is 28.0 Å². The van der Waals surface area contributed by atoms with Gasteiger partial charge in [-0.25, -0.2) is 9.78 Å². The van der Waals surface area contributed by atoms with Crippen LogP contribution in [0.1, 0.15) is 54.1 Å². The Labute approximate surface area is 191 Å². The van der Waals surface area contributed by atoms with E-state index in [9.17, 15) is 14.4 Å². The summed E-state index contributed by atoms with van der Waals surface area (Å²) < 4.78 is 6.59. The van der Waals surface area contributed by atoms with Crippen molar-refractivity contribution in [3.8, 4) is 0 Å². The van der Waals surface area contributed by atoms with Crippen LogP contribution in [0.4, 0.5) is 5.69 Å². The molecule has 0 aliphatic heterocycles. The van der Waals surface area contributed by atoms with E-state index in [1.807, 2.05) is 45.9 Å². The van der Waals surface area contributed by atoms with Gasteiger partial charge in [-0.2, -0.15) is 0 Å². The molecule has 0 radical (unpaired) electrons. The number of carbonyl (C=O) groups excluding carboxylic acids is 2. The van der Waals surface area contributed by atoms with Gasteiger partial charge in [-0.15, -0.1) is 11.3 Å². The Balaban J connectivity index is 1.87. The highest BCUT2D eigenvalue weighted by Gasteiger charge is 2.21. The van der Waals surface area contributed by atoms with Gasteiger partial charge < -0.3 is 10.1 Å². The topological polar surface area (TPSA) is 90.3 Å². The van der Waals surface area contributed by atoms with E-state index in [1.54, 1.807) is 6.92 Å². The summed E-state index contributed by atoms with van der Waals surface area (Å²) in [4.78, 5) is 43.4. The Morgan fingerprint density at radius 1 is 1.19 bits per heavy atom. The molecule has 3 rings (SSSR count). The molecule has 0 atom stereocenters. The summed E-state index contributed by atoms with van der Waals surface area (Å²) in [7, 11) is 0. The third kappa shape index (κ3) is 4.91. The van der Waals surface area contributed by atoms with E-state index in [-0.39, 0.29) is 23.9 Å². The van der Waals surface area contributed by atoms with Gasteiger partial charge in [-0.1, -0.05) is 45.9 Å². The minimum absolute atomic E-state index is 0.161. The molecule has 0 unspecified atom stereocenters. The van der Waals surface area contributed by atoms with E-state index in [4.69, 9.17) is 4.74 Å². The van der Waals surface area contributed by atoms with Gasteiger partial charge in [0, 0.05) is 5.69 Å². The molecule has 0 fully saturated rings. The zero-order valence-electron chi connectivity index (χ0n) is 19.2. The number of rotatable bonds is 8. The number of hydrogen-bond donors (Lipinski definition) is 1. The van der Waals surface area contributed by atoms with Gasteiger partial charge in [-0.05, 0) is 42.4 Å². The number of fused-ring (bicyclic) bond motifs is 1. The lowest BCUT2D eigenvalue weighted by atomic mass is 10.0. The van der Waals surface area contributed by atoms with Gasteiger partial charge in [0.2, 0.25) is 5.91 Å². The summed E-state index contributed by atoms with van der Waals surface area (Å²) in [6, 6.07) is 5.96. The van der Waals surface area contributed by atoms with Crippen molar-refractivity contribution in [3.05, 3.63) is 56.4 Å². The fourth-order valence-corrected chi connectivity index (χ4v) is 4.54. The van der Waals surface area contributed by atoms with Crippen LogP contribution in [0.2, 0.25) is 0 Å². The van der Waals surface area contributed by atoms with Crippen LogP contribution in [0.5, 0.6) is 0 Å². The highest BCUT2D eigenvalue weighted by atomic mass is 32.1. The Morgan fingerprint density at radius 2 is 1.84 bits per heavy atom. The zero-order valence-corrected chi connectivity index (χ0v) is 20.0. The van der Waals surface area contributed by atoms with Crippen molar-refractivity contribution in [1.29, 1.82) is 0 Å². The second-order valence-electron chi connectivity index (χ2n) is 8.11. The summed E-state index contributed by atoms with van der Waals surface area (Å²) in [5.74, 6) is -0.534. The Hall–Kier alpha value is -3.00. The van der Waals surface area contributed by atoms with Crippen molar-refractivity contribution in [2.24, 2.45) is 5.92 Å². The molecule has 1 aromatic carbocycles. The first-order valence-corrected chi connectivity index (χ1v) is 11.6. The number of aromatic nitrogens is 2. The van der Waals surface area contributed by atoms with Crippen LogP contribution < -0.4 is 10.9 Å². The fraction of sp³-hybridized carbons (Fsp3) is 0.417. The molecule has 0 aliphatic carbocycles. The number of thiophene rings is 1. The minimum Gasteiger partial charge on any atom is -0.461 e. The number of anilines is 1. The Bertz CT molecular complexity index is 1190. The molecule has 0 aliphatic rings. The molecule has 1 amide bonds. The van der Waals surface area contributed by atoms with Crippen LogP contribution in [0, 0.1) is 12.8 Å². The maximum Gasteiger partial charge on any atom is 0.348 e. The first-order valence-electron chi connectivity index (χ1n) is 10.8. The first kappa shape index (κ1) is 23.7. The normalized spacial score (nSPS) is 11.2. The van der Waals surface area contributed by atoms with Gasteiger partial charge in [0.15, 0.2) is 0 Å². The highest BCUT2D eigenvalue weighted by Crippen LogP contribution is 2.28. The number of hydrogen-bond acceptors (Lipinski definition) is 6. The van der Waals surface area contributed by atoms with Gasteiger partial charge in [0.05, 0.1) is 18.3 Å². The second kappa shape index (κ2) is 10.1. The smallest absolute Gasteiger partial charge is 0.348 e. The van der Waals surface area contributed by atoms with E-state index < -0.39 is 5.97 Å². The summed E-state index contributed by atoms with van der Waals surface area (Å²) in [6.45, 7) is 9.85. The molecule has 1 N–H and O–H groups in total. The lowest BCUT2D eigenvalue weighted by molar-refractivity contribution is -0.116. The summed E-state index contributed by atoms with van der Waals surface area (Å²) in [5, 5.41) is 3.32. The van der Waals surface area contributed by atoms with Crippen LogP contribution in [0.25, 0.3) is 10.2 Å². The van der Waals surface area contributed by atoms with Crippen LogP contribution in [0.3, 0.4) is 0 Å². The maximum absolute atomic E-state index is 13.1. The third-order valence-corrected chi connectivity index (χ3v) is 6.41. The zero-order chi connectivity index (χ0) is 23.4. The fourth-order valence-electron chi connectivity index (χ4n) is 3.51. The number of nitrogens with zero attached hydrogens (tertiary/aromatic N) is 2. The first-order chi connectivity index (χ1) is 15.3. The van der Waals surface area contributed by atoms with Gasteiger partial charge in [-0.3, -0.25) is 14.2 Å². The van der Waals surface area contributed by atoms with Crippen molar-refractivity contribution < 1.29 is 14.3 Å². The molecule has 0 spiro atoms. The van der Waals surface area contributed by atoms with E-state index >= 15 is 0 Å². The molecule has 0 saturated carbocycles. The van der Waals surface area contributed by atoms with Crippen LogP contribution in [0.15, 0.2) is 29.3 Å². The molecular weight excluding hydrogens is 426 g/mol. The molecule has 2 heterocycles. The number of amides is 1. The predicted octanol–water partition coefficient (Wildman–Crippen LogP) is 4.34. The molecule has 0 bridgehead atoms. The molecular formula is C24H29N3O4S. The quantitative estimate of drug-likeness (QED) is 0.510. The molecule has 8 heteroatoms. The lowest BCUT2D eigenvalue weighted by Crippen LogP contribution is -2.28. The van der Waals surface area contributed by atoms with Gasteiger partial charge >= 0.3 is 5.97 Å². The molecule has 3 aromatic rings. The molecule has 7 nitrogen and oxygen atoms in total. The largest absolute Gasteiger partial charge is 0.461 e. The van der Waals surface area contributed by atoms with Gasteiger partial charge in [0.25, 0.3) is 5.56 Å². The van der Waals surface area contributed by atoms with Crippen LogP contribution in [-0.2, 0) is 28.9 Å². The van der Waals surface area contributed by atoms with Crippen LogP contribution >= 0.6 is 11.3 Å². The summed E-state index contributed by atoms with van der Waals surface area (Å²) in [5.41, 5.74) is 3.11. The monoisotopic (exact) mass is 455 g/mol. The summed E-state index contributed by atoms with van der Waals surface area (Å²) in [6.07, 6.45) is 2.94. The Kier molecular flexibility index (Phi) is 7.45. The average Bonchev–Trinajstić information content (AvgIpc) is 3.11. The molecule has 0 saturated heterocycles. The predicted molar refractivity (Wildman–Crippen MR) is 128 cm³/mol. The van der Waals surface area contributed by atoms with Crippen molar-refractivity contribution in [3.63, 3.8) is 0 Å². The highest BCUT2D eigenvalue weighted by molar-refractivity contribution is 7.20. The Morgan fingerprint density at radius 3 is 2.44 bits per heavy atom. The van der Waals surface area contributed by atoms with Crippen molar-refractivity contribution >= 4 is 39.1 Å². The second-order valence-corrected chi connectivity index (χ2v) is 9.11.